The first-order valence-corrected chi connectivity index (χ1v) is 6.38. The highest BCUT2D eigenvalue weighted by Crippen LogP contribution is 2.04. The molecule has 0 saturated heterocycles. The average Bonchev–Trinajstić information content (AvgIpc) is 2.34. The minimum absolute atomic E-state index is 0.0141. The normalized spacial score (nSPS) is 10.1. The Labute approximate surface area is 114 Å². The van der Waals surface area contributed by atoms with Crippen LogP contribution < -0.4 is 10.6 Å². The summed E-state index contributed by atoms with van der Waals surface area (Å²) in [6.07, 6.45) is 0. The third-order valence-corrected chi connectivity index (χ3v) is 2.70. The SMILES string of the molecule is CC(=O)N(CCNC(=O)Nc1ccccc1)C(C)C. The van der Waals surface area contributed by atoms with Crippen LogP contribution in [0.2, 0.25) is 0 Å². The highest BCUT2D eigenvalue weighted by Gasteiger charge is 2.12. The van der Waals surface area contributed by atoms with Crippen LogP contribution >= 0.6 is 0 Å². The second-order valence-corrected chi connectivity index (χ2v) is 4.55. The first kappa shape index (κ1) is 15.0. The molecule has 0 radical (unpaired) electrons. The van der Waals surface area contributed by atoms with Gasteiger partial charge in [-0.3, -0.25) is 4.79 Å². The van der Waals surface area contributed by atoms with Gasteiger partial charge in [-0.05, 0) is 26.0 Å². The lowest BCUT2D eigenvalue weighted by molar-refractivity contribution is -0.130. The Kier molecular flexibility index (Phi) is 5.85. The average molecular weight is 263 g/mol. The highest BCUT2D eigenvalue weighted by molar-refractivity contribution is 5.89. The van der Waals surface area contributed by atoms with Gasteiger partial charge in [-0.2, -0.15) is 0 Å². The molecule has 0 aromatic heterocycles. The Morgan fingerprint density at radius 1 is 1.21 bits per heavy atom. The van der Waals surface area contributed by atoms with Crippen LogP contribution in [0.1, 0.15) is 20.8 Å². The molecular formula is C14H21N3O2. The van der Waals surface area contributed by atoms with Crippen molar-refractivity contribution in [3.05, 3.63) is 30.3 Å². The Morgan fingerprint density at radius 2 is 1.84 bits per heavy atom. The van der Waals surface area contributed by atoms with Crippen LogP contribution in [-0.4, -0.2) is 36.0 Å². The molecule has 0 aliphatic carbocycles. The molecule has 104 valence electrons. The molecule has 3 amide bonds. The number of nitrogens with zero attached hydrogens (tertiary/aromatic N) is 1. The Hall–Kier alpha value is -2.04. The molecule has 0 spiro atoms. The molecule has 0 aliphatic rings. The van der Waals surface area contributed by atoms with Crippen molar-refractivity contribution >= 4 is 17.6 Å². The Balaban J connectivity index is 2.33. The van der Waals surface area contributed by atoms with Gasteiger partial charge >= 0.3 is 6.03 Å². The monoisotopic (exact) mass is 263 g/mol. The fourth-order valence-corrected chi connectivity index (χ4v) is 1.77. The van der Waals surface area contributed by atoms with Crippen LogP contribution in [0.3, 0.4) is 0 Å². The zero-order valence-electron chi connectivity index (χ0n) is 11.6. The molecule has 5 nitrogen and oxygen atoms in total. The lowest BCUT2D eigenvalue weighted by atomic mass is 10.3. The summed E-state index contributed by atoms with van der Waals surface area (Å²) in [4.78, 5) is 24.7. The van der Waals surface area contributed by atoms with Gasteiger partial charge in [0.05, 0.1) is 0 Å². The molecule has 19 heavy (non-hydrogen) atoms. The number of hydrogen-bond donors (Lipinski definition) is 2. The molecule has 0 unspecified atom stereocenters. The summed E-state index contributed by atoms with van der Waals surface area (Å²) in [6, 6.07) is 9.09. The second kappa shape index (κ2) is 7.41. The summed E-state index contributed by atoms with van der Waals surface area (Å²) in [7, 11) is 0. The van der Waals surface area contributed by atoms with Gasteiger partial charge in [0.15, 0.2) is 0 Å². The standard InChI is InChI=1S/C14H21N3O2/c1-11(2)17(12(3)18)10-9-15-14(19)16-13-7-5-4-6-8-13/h4-8,11H,9-10H2,1-3H3,(H2,15,16,19). The Morgan fingerprint density at radius 3 is 2.37 bits per heavy atom. The predicted molar refractivity (Wildman–Crippen MR) is 76.0 cm³/mol. The summed E-state index contributed by atoms with van der Waals surface area (Å²) in [5, 5.41) is 5.45. The number of amides is 3. The second-order valence-electron chi connectivity index (χ2n) is 4.55. The molecule has 1 aromatic carbocycles. The van der Waals surface area contributed by atoms with Crippen molar-refractivity contribution in [1.29, 1.82) is 0 Å². The Bertz CT molecular complexity index is 418. The van der Waals surface area contributed by atoms with Crippen LogP contribution in [0.25, 0.3) is 0 Å². The molecular weight excluding hydrogens is 242 g/mol. The molecule has 0 bridgehead atoms. The van der Waals surface area contributed by atoms with Gasteiger partial charge in [-0.25, -0.2) is 4.79 Å². The largest absolute Gasteiger partial charge is 0.339 e. The maximum absolute atomic E-state index is 11.6. The van der Waals surface area contributed by atoms with Crippen molar-refractivity contribution in [2.24, 2.45) is 0 Å². The van der Waals surface area contributed by atoms with Crippen LogP contribution in [0, 0.1) is 0 Å². The van der Waals surface area contributed by atoms with E-state index in [0.717, 1.165) is 5.69 Å². The lowest BCUT2D eigenvalue weighted by Crippen LogP contribution is -2.42. The molecule has 0 saturated carbocycles. The van der Waals surface area contributed by atoms with E-state index in [2.05, 4.69) is 10.6 Å². The number of carbonyl (C=O) groups excluding carboxylic acids is 2. The van der Waals surface area contributed by atoms with Crippen LogP contribution in [-0.2, 0) is 4.79 Å². The highest BCUT2D eigenvalue weighted by atomic mass is 16.2. The van der Waals surface area contributed by atoms with Gasteiger partial charge in [0, 0.05) is 31.7 Å². The molecule has 0 atom stereocenters. The van der Waals surface area contributed by atoms with Gasteiger partial charge in [-0.1, -0.05) is 18.2 Å². The van der Waals surface area contributed by atoms with E-state index in [1.165, 1.54) is 6.92 Å². The fraction of sp³-hybridized carbons (Fsp3) is 0.429. The lowest BCUT2D eigenvalue weighted by Gasteiger charge is -2.25. The van der Waals surface area contributed by atoms with Crippen molar-refractivity contribution in [2.45, 2.75) is 26.8 Å². The van der Waals surface area contributed by atoms with E-state index in [4.69, 9.17) is 0 Å². The molecule has 1 aromatic rings. The third kappa shape index (κ3) is 5.42. The van der Waals surface area contributed by atoms with Crippen molar-refractivity contribution < 1.29 is 9.59 Å². The van der Waals surface area contributed by atoms with Gasteiger partial charge in [0.1, 0.15) is 0 Å². The van der Waals surface area contributed by atoms with Crippen LogP contribution in [0.15, 0.2) is 30.3 Å². The number of rotatable bonds is 5. The van der Waals surface area contributed by atoms with Gasteiger partial charge < -0.3 is 15.5 Å². The third-order valence-electron chi connectivity index (χ3n) is 2.70. The topological polar surface area (TPSA) is 61.4 Å². The van der Waals surface area contributed by atoms with Gasteiger partial charge in [0.25, 0.3) is 0 Å². The maximum atomic E-state index is 11.6. The summed E-state index contributed by atoms with van der Waals surface area (Å²) in [5.41, 5.74) is 0.743. The number of urea groups is 1. The van der Waals surface area contributed by atoms with E-state index in [9.17, 15) is 9.59 Å². The van der Waals surface area contributed by atoms with E-state index in [-0.39, 0.29) is 18.0 Å². The van der Waals surface area contributed by atoms with E-state index in [0.29, 0.717) is 13.1 Å². The molecule has 0 fully saturated rings. The number of para-hydroxylation sites is 1. The van der Waals surface area contributed by atoms with Crippen molar-refractivity contribution in [2.75, 3.05) is 18.4 Å². The zero-order chi connectivity index (χ0) is 14.3. The van der Waals surface area contributed by atoms with Crippen molar-refractivity contribution in [1.82, 2.24) is 10.2 Å². The van der Waals surface area contributed by atoms with E-state index in [1.807, 2.05) is 44.2 Å². The number of carbonyl (C=O) groups is 2. The molecule has 0 heterocycles. The quantitative estimate of drug-likeness (QED) is 0.854. The maximum Gasteiger partial charge on any atom is 0.319 e. The van der Waals surface area contributed by atoms with Crippen molar-refractivity contribution in [3.63, 3.8) is 0 Å². The van der Waals surface area contributed by atoms with Crippen LogP contribution in [0.4, 0.5) is 10.5 Å². The van der Waals surface area contributed by atoms with Gasteiger partial charge in [0.2, 0.25) is 5.91 Å². The van der Waals surface area contributed by atoms with E-state index < -0.39 is 0 Å². The zero-order valence-corrected chi connectivity index (χ0v) is 11.6. The fourth-order valence-electron chi connectivity index (χ4n) is 1.77. The first-order valence-electron chi connectivity index (χ1n) is 6.38. The first-order chi connectivity index (χ1) is 9.00. The van der Waals surface area contributed by atoms with E-state index in [1.54, 1.807) is 4.90 Å². The minimum Gasteiger partial charge on any atom is -0.339 e. The summed E-state index contributed by atoms with van der Waals surface area (Å²) in [6.45, 7) is 6.37. The number of anilines is 1. The van der Waals surface area contributed by atoms with Gasteiger partial charge in [-0.15, -0.1) is 0 Å². The number of hydrogen-bond acceptors (Lipinski definition) is 2. The molecule has 5 heteroatoms. The van der Waals surface area contributed by atoms with Crippen molar-refractivity contribution in [3.8, 4) is 0 Å². The number of nitrogens with one attached hydrogen (secondary N) is 2. The summed E-state index contributed by atoms with van der Waals surface area (Å²) in [5.74, 6) is 0.0141. The minimum atomic E-state index is -0.265. The summed E-state index contributed by atoms with van der Waals surface area (Å²) >= 11 is 0. The molecule has 1 rings (SSSR count). The molecule has 0 aliphatic heterocycles. The smallest absolute Gasteiger partial charge is 0.319 e. The van der Waals surface area contributed by atoms with Crippen LogP contribution in [0.5, 0.6) is 0 Å². The molecule has 2 N–H and O–H groups in total. The summed E-state index contributed by atoms with van der Waals surface area (Å²) < 4.78 is 0. The predicted octanol–water partition coefficient (Wildman–Crippen LogP) is 2.06. The van der Waals surface area contributed by atoms with E-state index >= 15 is 0 Å². The number of benzene rings is 1.